The Morgan fingerprint density at radius 3 is 2.95 bits per heavy atom. The molecule has 6 heteroatoms. The average molecular weight is 313 g/mol. The summed E-state index contributed by atoms with van der Waals surface area (Å²) in [5.74, 6) is -0.0291. The van der Waals surface area contributed by atoms with Crippen molar-refractivity contribution in [2.45, 2.75) is 26.4 Å². The molecule has 2 atom stereocenters. The first-order valence-corrected chi connectivity index (χ1v) is 7.52. The molecule has 0 spiro atoms. The maximum atomic E-state index is 12.0. The number of carbonyl (C=O) groups is 1. The van der Waals surface area contributed by atoms with Gasteiger partial charge in [0.1, 0.15) is 0 Å². The number of hydrogen-bond acceptors (Lipinski definition) is 5. The second-order valence-electron chi connectivity index (χ2n) is 5.15. The molecule has 5 nitrogen and oxygen atoms in total. The van der Waals surface area contributed by atoms with Crippen LogP contribution in [0.4, 0.5) is 11.4 Å². The van der Waals surface area contributed by atoms with Gasteiger partial charge in [0.2, 0.25) is 0 Å². The fraction of sp³-hybridized carbons (Fsp3) is 0.533. The van der Waals surface area contributed by atoms with E-state index in [0.29, 0.717) is 41.0 Å². The minimum atomic E-state index is -0.426. The Morgan fingerprint density at radius 1 is 1.57 bits per heavy atom. The predicted octanol–water partition coefficient (Wildman–Crippen LogP) is 2.94. The molecule has 2 rings (SSSR count). The summed E-state index contributed by atoms with van der Waals surface area (Å²) >= 11 is 6.22. The molecular formula is C15H21ClN2O3. The molecule has 21 heavy (non-hydrogen) atoms. The van der Waals surface area contributed by atoms with Crippen LogP contribution in [0.2, 0.25) is 5.02 Å². The Kier molecular flexibility index (Phi) is 5.31. The van der Waals surface area contributed by atoms with Crippen LogP contribution in [0.3, 0.4) is 0 Å². The zero-order chi connectivity index (χ0) is 15.4. The van der Waals surface area contributed by atoms with Crippen molar-refractivity contribution in [1.82, 2.24) is 0 Å². The van der Waals surface area contributed by atoms with E-state index in [0.717, 1.165) is 13.0 Å². The summed E-state index contributed by atoms with van der Waals surface area (Å²) < 4.78 is 10.6. The second-order valence-corrected chi connectivity index (χ2v) is 5.56. The second kappa shape index (κ2) is 7.00. The summed E-state index contributed by atoms with van der Waals surface area (Å²) in [4.78, 5) is 12.0. The number of ether oxygens (including phenoxy) is 2. The van der Waals surface area contributed by atoms with E-state index in [1.807, 2.05) is 0 Å². The van der Waals surface area contributed by atoms with Crippen molar-refractivity contribution >= 4 is 28.9 Å². The van der Waals surface area contributed by atoms with Crippen LogP contribution in [0.15, 0.2) is 12.1 Å². The zero-order valence-corrected chi connectivity index (χ0v) is 13.1. The lowest BCUT2D eigenvalue weighted by Crippen LogP contribution is -2.22. The van der Waals surface area contributed by atoms with Gasteiger partial charge in [0, 0.05) is 24.8 Å². The van der Waals surface area contributed by atoms with Crippen LogP contribution in [-0.4, -0.2) is 31.8 Å². The molecule has 1 fully saturated rings. The van der Waals surface area contributed by atoms with Crippen molar-refractivity contribution in [1.29, 1.82) is 0 Å². The monoisotopic (exact) mass is 312 g/mol. The number of nitrogen functional groups attached to an aromatic ring is 1. The number of anilines is 2. The molecule has 0 radical (unpaired) electrons. The highest BCUT2D eigenvalue weighted by Crippen LogP contribution is 2.31. The summed E-state index contributed by atoms with van der Waals surface area (Å²) in [6, 6.07) is 3.21. The molecule has 2 unspecified atom stereocenters. The summed E-state index contributed by atoms with van der Waals surface area (Å²) in [7, 11) is 0. The van der Waals surface area contributed by atoms with E-state index in [1.165, 1.54) is 0 Å². The molecule has 0 bridgehead atoms. The maximum absolute atomic E-state index is 12.0. The number of nitrogens with two attached hydrogens (primary N) is 1. The highest BCUT2D eigenvalue weighted by atomic mass is 35.5. The third-order valence-electron chi connectivity index (χ3n) is 3.68. The summed E-state index contributed by atoms with van der Waals surface area (Å²) in [5, 5.41) is 3.67. The quantitative estimate of drug-likeness (QED) is 0.646. The van der Waals surface area contributed by atoms with Crippen LogP contribution in [0, 0.1) is 5.92 Å². The molecule has 1 saturated heterocycles. The molecule has 0 amide bonds. The molecule has 1 aromatic carbocycles. The van der Waals surface area contributed by atoms with Gasteiger partial charge < -0.3 is 20.5 Å². The first kappa shape index (κ1) is 15.9. The van der Waals surface area contributed by atoms with Crippen LogP contribution >= 0.6 is 11.6 Å². The maximum Gasteiger partial charge on any atom is 0.340 e. The molecule has 1 aliphatic rings. The van der Waals surface area contributed by atoms with Crippen molar-refractivity contribution in [3.05, 3.63) is 22.7 Å². The molecule has 0 aliphatic carbocycles. The topological polar surface area (TPSA) is 73.6 Å². The van der Waals surface area contributed by atoms with Crippen LogP contribution in [0.1, 0.15) is 30.6 Å². The van der Waals surface area contributed by atoms with Crippen molar-refractivity contribution in [2.75, 3.05) is 30.8 Å². The van der Waals surface area contributed by atoms with Crippen LogP contribution in [0.5, 0.6) is 0 Å². The van der Waals surface area contributed by atoms with Crippen molar-refractivity contribution < 1.29 is 14.3 Å². The Balaban J connectivity index is 2.18. The number of nitrogens with one attached hydrogen (secondary N) is 1. The van der Waals surface area contributed by atoms with E-state index in [4.69, 9.17) is 26.8 Å². The first-order chi connectivity index (χ1) is 10.0. The van der Waals surface area contributed by atoms with E-state index in [9.17, 15) is 4.79 Å². The fourth-order valence-corrected chi connectivity index (χ4v) is 2.75. The fourth-order valence-electron chi connectivity index (χ4n) is 2.45. The van der Waals surface area contributed by atoms with E-state index >= 15 is 0 Å². The number of esters is 1. The largest absolute Gasteiger partial charge is 0.462 e. The molecule has 3 N–H and O–H groups in total. The van der Waals surface area contributed by atoms with E-state index in [2.05, 4.69) is 12.2 Å². The van der Waals surface area contributed by atoms with Gasteiger partial charge in [0.25, 0.3) is 0 Å². The van der Waals surface area contributed by atoms with Crippen molar-refractivity contribution in [3.8, 4) is 0 Å². The predicted molar refractivity (Wildman–Crippen MR) is 83.8 cm³/mol. The lowest BCUT2D eigenvalue weighted by atomic mass is 10.0. The van der Waals surface area contributed by atoms with Gasteiger partial charge in [0.15, 0.2) is 0 Å². The SMILES string of the molecule is CCOC(=O)c1cc(N)cc(Cl)c1NCC1CCOC1C. The number of halogens is 1. The van der Waals surface area contributed by atoms with E-state index < -0.39 is 5.97 Å². The summed E-state index contributed by atoms with van der Waals surface area (Å²) in [6.07, 6.45) is 1.20. The van der Waals surface area contributed by atoms with E-state index in [-0.39, 0.29) is 6.10 Å². The van der Waals surface area contributed by atoms with Gasteiger partial charge in [-0.25, -0.2) is 4.79 Å². The smallest absolute Gasteiger partial charge is 0.340 e. The highest BCUT2D eigenvalue weighted by molar-refractivity contribution is 6.34. The highest BCUT2D eigenvalue weighted by Gasteiger charge is 2.25. The Hall–Kier alpha value is -1.46. The lowest BCUT2D eigenvalue weighted by Gasteiger charge is -2.18. The Morgan fingerprint density at radius 2 is 2.33 bits per heavy atom. The van der Waals surface area contributed by atoms with Gasteiger partial charge in [-0.05, 0) is 32.4 Å². The molecule has 1 heterocycles. The lowest BCUT2D eigenvalue weighted by molar-refractivity contribution is 0.0527. The van der Waals surface area contributed by atoms with Gasteiger partial charge >= 0.3 is 5.97 Å². The third-order valence-corrected chi connectivity index (χ3v) is 3.98. The number of carbonyl (C=O) groups excluding carboxylic acids is 1. The minimum absolute atomic E-state index is 0.205. The van der Waals surface area contributed by atoms with Crippen LogP contribution in [-0.2, 0) is 9.47 Å². The zero-order valence-electron chi connectivity index (χ0n) is 12.3. The van der Waals surface area contributed by atoms with Gasteiger partial charge in [-0.1, -0.05) is 11.6 Å². The molecular weight excluding hydrogens is 292 g/mol. The number of rotatable bonds is 5. The molecule has 116 valence electrons. The normalized spacial score (nSPS) is 21.3. The Bertz CT molecular complexity index is 522. The summed E-state index contributed by atoms with van der Waals surface area (Å²) in [6.45, 7) is 5.58. The number of benzene rings is 1. The molecule has 0 aromatic heterocycles. The molecule has 1 aliphatic heterocycles. The van der Waals surface area contributed by atoms with Crippen molar-refractivity contribution in [3.63, 3.8) is 0 Å². The van der Waals surface area contributed by atoms with Gasteiger partial charge in [-0.3, -0.25) is 0 Å². The van der Waals surface area contributed by atoms with Gasteiger partial charge in [-0.2, -0.15) is 0 Å². The molecule has 1 aromatic rings. The van der Waals surface area contributed by atoms with E-state index in [1.54, 1.807) is 19.1 Å². The Labute approximate surface area is 129 Å². The first-order valence-electron chi connectivity index (χ1n) is 7.14. The van der Waals surface area contributed by atoms with Crippen molar-refractivity contribution in [2.24, 2.45) is 5.92 Å². The summed E-state index contributed by atoms with van der Waals surface area (Å²) in [5.41, 5.74) is 7.14. The average Bonchev–Trinajstić information content (AvgIpc) is 2.83. The van der Waals surface area contributed by atoms with Gasteiger partial charge in [0.05, 0.1) is 29.0 Å². The minimum Gasteiger partial charge on any atom is -0.462 e. The standard InChI is InChI=1S/C15H21ClN2O3/c1-3-20-15(19)12-6-11(17)7-13(16)14(12)18-8-10-4-5-21-9(10)2/h6-7,9-10,18H,3-5,8,17H2,1-2H3. The van der Waals surface area contributed by atoms with Crippen LogP contribution < -0.4 is 11.1 Å². The number of hydrogen-bond donors (Lipinski definition) is 2. The van der Waals surface area contributed by atoms with Gasteiger partial charge in [-0.15, -0.1) is 0 Å². The third kappa shape index (κ3) is 3.80. The van der Waals surface area contributed by atoms with Crippen LogP contribution in [0.25, 0.3) is 0 Å². The molecule has 0 saturated carbocycles.